The van der Waals surface area contributed by atoms with Gasteiger partial charge in [-0.3, -0.25) is 13.9 Å². The lowest BCUT2D eigenvalue weighted by Gasteiger charge is -2.33. The van der Waals surface area contributed by atoms with Crippen LogP contribution in [0.25, 0.3) is 0 Å². The number of hydrogen-bond acceptors (Lipinski definition) is 6. The number of amides is 2. The number of benzene rings is 3. The van der Waals surface area contributed by atoms with E-state index in [9.17, 15) is 18.0 Å². The molecule has 236 valence electrons. The Kier molecular flexibility index (Phi) is 11.7. The molecule has 8 nitrogen and oxygen atoms in total. The average molecular weight is 638 g/mol. The molecule has 0 spiro atoms. The SMILES string of the molecule is CCOc1ccccc1N(CC(=O)N(Cc1ccc(C)cc1)[C@@H](C)C(=O)NC1CCCCC1)S(=O)(=O)c1ccc(SC)cc1. The Balaban J connectivity index is 1.71. The highest BCUT2D eigenvalue weighted by Gasteiger charge is 2.34. The smallest absolute Gasteiger partial charge is 0.264 e. The van der Waals surface area contributed by atoms with Crippen molar-refractivity contribution in [3.63, 3.8) is 0 Å². The molecular formula is C34H43N3O5S2. The van der Waals surface area contributed by atoms with Crippen molar-refractivity contribution in [3.05, 3.63) is 83.9 Å². The summed E-state index contributed by atoms with van der Waals surface area (Å²) < 4.78 is 35.4. The van der Waals surface area contributed by atoms with E-state index in [1.807, 2.05) is 44.4 Å². The van der Waals surface area contributed by atoms with Crippen molar-refractivity contribution < 1.29 is 22.7 Å². The van der Waals surface area contributed by atoms with Crippen LogP contribution in [0.2, 0.25) is 0 Å². The molecule has 1 aliphatic carbocycles. The zero-order valence-corrected chi connectivity index (χ0v) is 27.6. The molecule has 1 atom stereocenters. The van der Waals surface area contributed by atoms with Gasteiger partial charge >= 0.3 is 0 Å². The molecule has 1 aliphatic rings. The largest absolute Gasteiger partial charge is 0.492 e. The number of carbonyl (C=O) groups excluding carboxylic acids is 2. The Morgan fingerprint density at radius 1 is 0.977 bits per heavy atom. The van der Waals surface area contributed by atoms with E-state index < -0.39 is 28.5 Å². The Labute approximate surface area is 266 Å². The van der Waals surface area contributed by atoms with E-state index in [2.05, 4.69) is 5.32 Å². The van der Waals surface area contributed by atoms with Gasteiger partial charge in [0.05, 0.1) is 17.2 Å². The molecule has 0 bridgehead atoms. The third kappa shape index (κ3) is 8.35. The predicted octanol–water partition coefficient (Wildman–Crippen LogP) is 6.18. The highest BCUT2D eigenvalue weighted by atomic mass is 32.2. The predicted molar refractivity (Wildman–Crippen MR) is 177 cm³/mol. The number of para-hydroxylation sites is 2. The van der Waals surface area contributed by atoms with Gasteiger partial charge in [-0.2, -0.15) is 0 Å². The van der Waals surface area contributed by atoms with Crippen LogP contribution in [0.3, 0.4) is 0 Å². The monoisotopic (exact) mass is 637 g/mol. The normalized spacial score (nSPS) is 14.5. The summed E-state index contributed by atoms with van der Waals surface area (Å²) in [6.45, 7) is 5.47. The number of rotatable bonds is 13. The number of ether oxygens (including phenoxy) is 1. The highest BCUT2D eigenvalue weighted by Crippen LogP contribution is 2.33. The molecule has 1 saturated carbocycles. The third-order valence-corrected chi connectivity index (χ3v) is 10.5. The summed E-state index contributed by atoms with van der Waals surface area (Å²) in [5.41, 5.74) is 2.18. The molecule has 0 aromatic heterocycles. The number of thioether (sulfide) groups is 1. The maximum Gasteiger partial charge on any atom is 0.264 e. The van der Waals surface area contributed by atoms with Gasteiger partial charge in [-0.05, 0) is 81.8 Å². The van der Waals surface area contributed by atoms with Gasteiger partial charge in [-0.1, -0.05) is 61.2 Å². The van der Waals surface area contributed by atoms with E-state index in [0.29, 0.717) is 12.4 Å². The Bertz CT molecular complexity index is 1500. The number of nitrogens with zero attached hydrogens (tertiary/aromatic N) is 2. The Hall–Kier alpha value is -3.50. The van der Waals surface area contributed by atoms with Gasteiger partial charge in [-0.15, -0.1) is 11.8 Å². The summed E-state index contributed by atoms with van der Waals surface area (Å²) in [5.74, 6) is -0.387. The lowest BCUT2D eigenvalue weighted by atomic mass is 9.95. The summed E-state index contributed by atoms with van der Waals surface area (Å²) in [5, 5.41) is 3.14. The van der Waals surface area contributed by atoms with Crippen molar-refractivity contribution in [3.8, 4) is 5.75 Å². The summed E-state index contributed by atoms with van der Waals surface area (Å²) in [6, 6.07) is 20.4. The van der Waals surface area contributed by atoms with Crippen LogP contribution in [0.4, 0.5) is 5.69 Å². The summed E-state index contributed by atoms with van der Waals surface area (Å²) in [6.07, 6.45) is 7.04. The van der Waals surface area contributed by atoms with Crippen molar-refractivity contribution in [2.45, 2.75) is 81.3 Å². The van der Waals surface area contributed by atoms with Crippen LogP contribution < -0.4 is 14.4 Å². The molecule has 44 heavy (non-hydrogen) atoms. The van der Waals surface area contributed by atoms with Crippen molar-refractivity contribution in [1.29, 1.82) is 0 Å². The lowest BCUT2D eigenvalue weighted by molar-refractivity contribution is -0.139. The fraction of sp³-hybridized carbons (Fsp3) is 0.412. The second-order valence-electron chi connectivity index (χ2n) is 11.1. The molecule has 0 heterocycles. The molecule has 2 amide bonds. The molecule has 0 radical (unpaired) electrons. The van der Waals surface area contributed by atoms with E-state index in [0.717, 1.165) is 52.4 Å². The zero-order chi connectivity index (χ0) is 31.7. The summed E-state index contributed by atoms with van der Waals surface area (Å²) in [4.78, 5) is 30.3. The molecule has 10 heteroatoms. The minimum atomic E-state index is -4.20. The second kappa shape index (κ2) is 15.5. The lowest BCUT2D eigenvalue weighted by Crippen LogP contribution is -2.53. The van der Waals surface area contributed by atoms with E-state index in [1.54, 1.807) is 55.5 Å². The van der Waals surface area contributed by atoms with Crippen LogP contribution in [-0.2, 0) is 26.2 Å². The minimum absolute atomic E-state index is 0.0579. The van der Waals surface area contributed by atoms with Crippen LogP contribution in [-0.4, -0.2) is 56.6 Å². The molecule has 3 aromatic carbocycles. The second-order valence-corrected chi connectivity index (χ2v) is 13.9. The third-order valence-electron chi connectivity index (χ3n) is 7.95. The van der Waals surface area contributed by atoms with Crippen molar-refractivity contribution in [2.75, 3.05) is 23.7 Å². The molecule has 4 rings (SSSR count). The first-order chi connectivity index (χ1) is 21.1. The fourth-order valence-corrected chi connectivity index (χ4v) is 7.20. The zero-order valence-electron chi connectivity index (χ0n) is 26.0. The molecule has 3 aromatic rings. The summed E-state index contributed by atoms with van der Waals surface area (Å²) >= 11 is 1.51. The maximum absolute atomic E-state index is 14.3. The first kappa shape index (κ1) is 33.4. The Morgan fingerprint density at radius 2 is 1.64 bits per heavy atom. The maximum atomic E-state index is 14.3. The van der Waals surface area contributed by atoms with Gasteiger partial charge in [0.1, 0.15) is 18.3 Å². The molecule has 1 N–H and O–H groups in total. The number of nitrogens with one attached hydrogen (secondary N) is 1. The van der Waals surface area contributed by atoms with Gasteiger partial charge in [0, 0.05) is 17.5 Å². The van der Waals surface area contributed by atoms with Gasteiger partial charge in [0.25, 0.3) is 10.0 Å². The fourth-order valence-electron chi connectivity index (χ4n) is 5.37. The van der Waals surface area contributed by atoms with Crippen LogP contribution in [0.15, 0.2) is 82.6 Å². The number of hydrogen-bond donors (Lipinski definition) is 1. The highest BCUT2D eigenvalue weighted by molar-refractivity contribution is 7.98. The first-order valence-electron chi connectivity index (χ1n) is 15.2. The topological polar surface area (TPSA) is 96.0 Å². The number of anilines is 1. The minimum Gasteiger partial charge on any atom is -0.492 e. The van der Waals surface area contributed by atoms with Crippen LogP contribution in [0.1, 0.15) is 57.1 Å². The molecule has 0 unspecified atom stereocenters. The quantitative estimate of drug-likeness (QED) is 0.225. The van der Waals surface area contributed by atoms with Crippen molar-refractivity contribution in [2.24, 2.45) is 0 Å². The van der Waals surface area contributed by atoms with Crippen LogP contribution in [0.5, 0.6) is 5.75 Å². The number of carbonyl (C=O) groups is 2. The molecule has 1 fully saturated rings. The van der Waals surface area contributed by atoms with Crippen molar-refractivity contribution in [1.82, 2.24) is 10.2 Å². The molecular weight excluding hydrogens is 595 g/mol. The number of aryl methyl sites for hydroxylation is 1. The molecule has 0 saturated heterocycles. The van der Waals surface area contributed by atoms with Gasteiger partial charge in [0.15, 0.2) is 0 Å². The standard InChI is InChI=1S/C34H43N3O5S2/c1-5-42-32-14-10-9-13-31(32)37(44(40,41)30-21-19-29(43-4)20-22-30)24-33(38)36(23-27-17-15-25(2)16-18-27)26(3)34(39)35-28-11-7-6-8-12-28/h9-10,13-22,26,28H,5-8,11-12,23-24H2,1-4H3,(H,35,39)/t26-/m0/s1. The van der Waals surface area contributed by atoms with E-state index >= 15 is 0 Å². The van der Waals surface area contributed by atoms with E-state index in [4.69, 9.17) is 4.74 Å². The van der Waals surface area contributed by atoms with Crippen LogP contribution >= 0.6 is 11.8 Å². The Morgan fingerprint density at radius 3 is 2.27 bits per heavy atom. The van der Waals surface area contributed by atoms with Crippen molar-refractivity contribution >= 4 is 39.3 Å². The summed E-state index contributed by atoms with van der Waals surface area (Å²) in [7, 11) is -4.20. The van der Waals surface area contributed by atoms with Crippen LogP contribution in [0, 0.1) is 6.92 Å². The number of sulfonamides is 1. The van der Waals surface area contributed by atoms with E-state index in [1.165, 1.54) is 16.7 Å². The van der Waals surface area contributed by atoms with Gasteiger partial charge in [0.2, 0.25) is 11.8 Å². The van der Waals surface area contributed by atoms with E-state index in [-0.39, 0.29) is 29.1 Å². The van der Waals surface area contributed by atoms with Gasteiger partial charge < -0.3 is 15.0 Å². The van der Waals surface area contributed by atoms with Gasteiger partial charge in [-0.25, -0.2) is 8.42 Å². The molecule has 0 aliphatic heterocycles. The average Bonchev–Trinajstić information content (AvgIpc) is 3.04. The first-order valence-corrected chi connectivity index (χ1v) is 17.8.